The van der Waals surface area contributed by atoms with Crippen LogP contribution >= 0.6 is 0 Å². The maximum atomic E-state index is 8.90. The third-order valence-electron chi connectivity index (χ3n) is 1.91. The van der Waals surface area contributed by atoms with Gasteiger partial charge in [0.1, 0.15) is 11.8 Å². The average molecular weight is 200 g/mol. The van der Waals surface area contributed by atoms with E-state index in [0.29, 0.717) is 24.3 Å². The van der Waals surface area contributed by atoms with E-state index >= 15 is 0 Å². The second-order valence-corrected chi connectivity index (χ2v) is 3.13. The van der Waals surface area contributed by atoms with Crippen LogP contribution in [0.2, 0.25) is 0 Å². The van der Waals surface area contributed by atoms with Gasteiger partial charge in [-0.15, -0.1) is 0 Å². The lowest BCUT2D eigenvalue weighted by atomic mass is 10.1. The average Bonchev–Trinajstić information content (AvgIpc) is 2.27. The molecule has 0 aliphatic carbocycles. The molecule has 0 aliphatic heterocycles. The van der Waals surface area contributed by atoms with Gasteiger partial charge in [0, 0.05) is 0 Å². The molecule has 1 aromatic rings. The van der Waals surface area contributed by atoms with Gasteiger partial charge in [-0.05, 0) is 24.1 Å². The number of hydrogen-bond acceptors (Lipinski definition) is 3. The number of benzene rings is 1. The molecule has 15 heavy (non-hydrogen) atoms. The predicted molar refractivity (Wildman–Crippen MR) is 56.3 cm³/mol. The number of nitriles is 2. The number of ether oxygens (including phenoxy) is 1. The highest BCUT2D eigenvalue weighted by atomic mass is 16.5. The van der Waals surface area contributed by atoms with E-state index in [1.807, 2.05) is 19.1 Å². The van der Waals surface area contributed by atoms with Crippen LogP contribution in [0.1, 0.15) is 24.5 Å². The summed E-state index contributed by atoms with van der Waals surface area (Å²) in [5, 5.41) is 17.4. The third kappa shape index (κ3) is 3.00. The Morgan fingerprint density at radius 1 is 1.33 bits per heavy atom. The number of nitrogens with zero attached hydrogens (tertiary/aromatic N) is 2. The molecule has 0 aromatic heterocycles. The lowest BCUT2D eigenvalue weighted by Gasteiger charge is -2.06. The molecule has 0 fully saturated rings. The zero-order valence-corrected chi connectivity index (χ0v) is 8.66. The Morgan fingerprint density at radius 2 is 2.13 bits per heavy atom. The van der Waals surface area contributed by atoms with Crippen molar-refractivity contribution in [1.29, 1.82) is 10.5 Å². The molecular weight excluding hydrogens is 188 g/mol. The first kappa shape index (κ1) is 11.1. The Balaban J connectivity index is 2.90. The summed E-state index contributed by atoms with van der Waals surface area (Å²) in [6.45, 7) is 2.61. The molecule has 0 heterocycles. The molecule has 0 atom stereocenters. The van der Waals surface area contributed by atoms with Crippen molar-refractivity contribution in [2.24, 2.45) is 0 Å². The maximum absolute atomic E-state index is 8.90. The van der Waals surface area contributed by atoms with Crippen LogP contribution < -0.4 is 4.74 Å². The zero-order chi connectivity index (χ0) is 11.1. The van der Waals surface area contributed by atoms with Gasteiger partial charge >= 0.3 is 0 Å². The van der Waals surface area contributed by atoms with Crippen molar-refractivity contribution >= 4 is 0 Å². The third-order valence-corrected chi connectivity index (χ3v) is 1.91. The molecule has 76 valence electrons. The van der Waals surface area contributed by atoms with Crippen molar-refractivity contribution in [3.63, 3.8) is 0 Å². The minimum Gasteiger partial charge on any atom is -0.492 e. The molecule has 0 unspecified atom stereocenters. The molecular formula is C12H12N2O. The van der Waals surface area contributed by atoms with E-state index in [4.69, 9.17) is 15.3 Å². The van der Waals surface area contributed by atoms with E-state index in [-0.39, 0.29) is 0 Å². The predicted octanol–water partition coefficient (Wildman–Crippen LogP) is 2.41. The highest BCUT2D eigenvalue weighted by Gasteiger charge is 2.04. The number of rotatable bonds is 4. The van der Waals surface area contributed by atoms with Crippen molar-refractivity contribution in [2.75, 3.05) is 6.61 Å². The summed E-state index contributed by atoms with van der Waals surface area (Å²) in [6.07, 6.45) is 1.23. The van der Waals surface area contributed by atoms with Crippen LogP contribution in [0.5, 0.6) is 5.75 Å². The summed E-state index contributed by atoms with van der Waals surface area (Å²) in [5.74, 6) is 0.598. The van der Waals surface area contributed by atoms with Gasteiger partial charge in [0.05, 0.1) is 24.7 Å². The van der Waals surface area contributed by atoms with E-state index in [2.05, 4.69) is 6.07 Å². The Morgan fingerprint density at radius 3 is 2.73 bits per heavy atom. The summed E-state index contributed by atoms with van der Waals surface area (Å²) in [6, 6.07) is 9.38. The fraction of sp³-hybridized carbons (Fsp3) is 0.333. The van der Waals surface area contributed by atoms with E-state index in [1.54, 1.807) is 12.1 Å². The Kier molecular flexibility index (Phi) is 4.19. The van der Waals surface area contributed by atoms with E-state index in [1.165, 1.54) is 0 Å². The Labute approximate surface area is 89.5 Å². The van der Waals surface area contributed by atoms with Crippen LogP contribution in [0, 0.1) is 22.7 Å². The van der Waals surface area contributed by atoms with Crippen molar-refractivity contribution < 1.29 is 4.74 Å². The molecule has 1 rings (SSSR count). The summed E-state index contributed by atoms with van der Waals surface area (Å²) >= 11 is 0. The molecule has 0 amide bonds. The maximum Gasteiger partial charge on any atom is 0.137 e. The molecule has 0 spiro atoms. The highest BCUT2D eigenvalue weighted by Crippen LogP contribution is 2.19. The molecule has 1 aromatic carbocycles. The van der Waals surface area contributed by atoms with Gasteiger partial charge in [0.25, 0.3) is 0 Å². The quantitative estimate of drug-likeness (QED) is 0.749. The first-order valence-corrected chi connectivity index (χ1v) is 4.84. The van der Waals surface area contributed by atoms with Gasteiger partial charge in [-0.1, -0.05) is 13.0 Å². The van der Waals surface area contributed by atoms with Crippen molar-refractivity contribution in [3.05, 3.63) is 29.3 Å². The summed E-state index contributed by atoms with van der Waals surface area (Å²) in [5.41, 5.74) is 1.34. The monoisotopic (exact) mass is 200 g/mol. The smallest absolute Gasteiger partial charge is 0.137 e. The van der Waals surface area contributed by atoms with Gasteiger partial charge in [-0.25, -0.2) is 0 Å². The van der Waals surface area contributed by atoms with E-state index < -0.39 is 0 Å². The van der Waals surface area contributed by atoms with Crippen molar-refractivity contribution in [1.82, 2.24) is 0 Å². The molecule has 0 radical (unpaired) electrons. The Bertz CT molecular complexity index is 413. The molecule has 0 aliphatic rings. The fourth-order valence-electron chi connectivity index (χ4n) is 1.20. The van der Waals surface area contributed by atoms with E-state index in [9.17, 15) is 0 Å². The van der Waals surface area contributed by atoms with Gasteiger partial charge < -0.3 is 4.74 Å². The minimum atomic E-state index is 0.322. The largest absolute Gasteiger partial charge is 0.492 e. The lowest BCUT2D eigenvalue weighted by molar-refractivity contribution is 0.316. The SMILES string of the molecule is CCCOc1ccc(CC#N)cc1C#N. The second kappa shape index (κ2) is 5.67. The summed E-state index contributed by atoms with van der Waals surface area (Å²) < 4.78 is 5.40. The topological polar surface area (TPSA) is 56.8 Å². The van der Waals surface area contributed by atoms with Crippen LogP contribution in [0.3, 0.4) is 0 Å². The van der Waals surface area contributed by atoms with E-state index in [0.717, 1.165) is 12.0 Å². The van der Waals surface area contributed by atoms with Crippen LogP contribution in [0.25, 0.3) is 0 Å². The second-order valence-electron chi connectivity index (χ2n) is 3.13. The van der Waals surface area contributed by atoms with Gasteiger partial charge in [0.2, 0.25) is 0 Å². The molecule has 3 nitrogen and oxygen atoms in total. The fourth-order valence-corrected chi connectivity index (χ4v) is 1.20. The van der Waals surface area contributed by atoms with Crippen molar-refractivity contribution in [3.8, 4) is 17.9 Å². The summed E-state index contributed by atoms with van der Waals surface area (Å²) in [7, 11) is 0. The molecule has 0 saturated heterocycles. The van der Waals surface area contributed by atoms with Gasteiger partial charge in [-0.3, -0.25) is 0 Å². The van der Waals surface area contributed by atoms with Gasteiger partial charge in [0.15, 0.2) is 0 Å². The van der Waals surface area contributed by atoms with Crippen molar-refractivity contribution in [2.45, 2.75) is 19.8 Å². The zero-order valence-electron chi connectivity index (χ0n) is 8.66. The van der Waals surface area contributed by atoms with Crippen LogP contribution in [-0.2, 0) is 6.42 Å². The first-order valence-electron chi connectivity index (χ1n) is 4.84. The summed E-state index contributed by atoms with van der Waals surface area (Å²) in [4.78, 5) is 0. The lowest BCUT2D eigenvalue weighted by Crippen LogP contribution is -1.98. The molecule has 0 N–H and O–H groups in total. The van der Waals surface area contributed by atoms with Crippen LogP contribution in [0.15, 0.2) is 18.2 Å². The normalized spacial score (nSPS) is 9.00. The van der Waals surface area contributed by atoms with Crippen LogP contribution in [0.4, 0.5) is 0 Å². The molecule has 0 bridgehead atoms. The minimum absolute atomic E-state index is 0.322. The highest BCUT2D eigenvalue weighted by molar-refractivity contribution is 5.45. The molecule has 0 saturated carbocycles. The molecule has 3 heteroatoms. The Hall–Kier alpha value is -2.00. The van der Waals surface area contributed by atoms with Gasteiger partial charge in [-0.2, -0.15) is 10.5 Å². The number of hydrogen-bond donors (Lipinski definition) is 0. The standard InChI is InChI=1S/C12H12N2O/c1-2-7-15-12-4-3-10(5-6-13)8-11(12)9-14/h3-4,8H,2,5,7H2,1H3. The van der Waals surface area contributed by atoms with Crippen LogP contribution in [-0.4, -0.2) is 6.61 Å². The first-order chi connectivity index (χ1) is 7.31.